The number of halogens is 2. The Morgan fingerprint density at radius 3 is 1.29 bits per heavy atom. The number of rotatable bonds is 9. The summed E-state index contributed by atoms with van der Waals surface area (Å²) in [5.41, 5.74) is 11.5. The maximum atomic E-state index is 6.57. The zero-order valence-electron chi connectivity index (χ0n) is 29.1. The summed E-state index contributed by atoms with van der Waals surface area (Å²) in [6, 6.07) is 55.2. The average molecular weight is 718 g/mol. The minimum atomic E-state index is 0.714. The van der Waals surface area contributed by atoms with E-state index in [9.17, 15) is 0 Å². The van der Waals surface area contributed by atoms with E-state index in [2.05, 4.69) is 179 Å². The molecule has 0 fully saturated rings. The average Bonchev–Trinajstić information content (AvgIpc) is 3.18. The van der Waals surface area contributed by atoms with Gasteiger partial charge in [0.1, 0.15) is 0 Å². The van der Waals surface area contributed by atoms with Gasteiger partial charge in [-0.2, -0.15) is 9.13 Å². The standard InChI is InChI=1S/C46H38Cl2N4/c1-49(39-15-5-3-6-16-39)43-23-25-51(45-29-37(47)19-21-41(43)45)31-33-11-9-13-35(27-33)36-14-10-12-34(28-36)32-52-26-24-44(42-22-20-38(48)30-46(42)52)50(2)40-17-7-4-8-18-40/h3-30H,31-32H2,1-2H3/q+2. The Morgan fingerprint density at radius 2 is 0.865 bits per heavy atom. The Labute approximate surface area is 315 Å². The molecule has 0 unspecified atom stereocenters. The van der Waals surface area contributed by atoms with Crippen molar-refractivity contribution in [1.29, 1.82) is 0 Å². The van der Waals surface area contributed by atoms with Crippen molar-refractivity contribution in [3.8, 4) is 11.1 Å². The van der Waals surface area contributed by atoms with Gasteiger partial charge in [0.05, 0.1) is 22.1 Å². The number of hydrogen-bond acceptors (Lipinski definition) is 2. The number of aromatic nitrogens is 2. The van der Waals surface area contributed by atoms with Gasteiger partial charge in [-0.15, -0.1) is 0 Å². The Hall–Kier alpha value is -5.68. The molecule has 4 nitrogen and oxygen atoms in total. The van der Waals surface area contributed by atoms with Crippen LogP contribution in [-0.2, 0) is 13.1 Å². The van der Waals surface area contributed by atoms with E-state index < -0.39 is 0 Å². The van der Waals surface area contributed by atoms with Crippen LogP contribution in [0.4, 0.5) is 22.7 Å². The summed E-state index contributed by atoms with van der Waals surface area (Å²) in [7, 11) is 4.22. The van der Waals surface area contributed by atoms with E-state index in [4.69, 9.17) is 23.2 Å². The summed E-state index contributed by atoms with van der Waals surface area (Å²) in [4.78, 5) is 4.45. The monoisotopic (exact) mass is 716 g/mol. The lowest BCUT2D eigenvalue weighted by Gasteiger charge is -2.21. The summed E-state index contributed by atoms with van der Waals surface area (Å²) < 4.78 is 4.57. The molecule has 0 atom stereocenters. The van der Waals surface area contributed by atoms with Crippen LogP contribution in [0.3, 0.4) is 0 Å². The topological polar surface area (TPSA) is 14.2 Å². The van der Waals surface area contributed by atoms with E-state index in [1.165, 1.54) is 22.3 Å². The minimum absolute atomic E-state index is 0.714. The molecule has 0 N–H and O–H groups in total. The molecule has 0 radical (unpaired) electrons. The van der Waals surface area contributed by atoms with Gasteiger partial charge in [0.25, 0.3) is 0 Å². The lowest BCUT2D eigenvalue weighted by molar-refractivity contribution is -0.662. The van der Waals surface area contributed by atoms with Crippen LogP contribution in [0.2, 0.25) is 10.0 Å². The molecule has 0 spiro atoms. The van der Waals surface area contributed by atoms with Gasteiger partial charge in [-0.25, -0.2) is 0 Å². The molecule has 254 valence electrons. The second-order valence-corrected chi connectivity index (χ2v) is 14.0. The molecule has 0 saturated carbocycles. The van der Waals surface area contributed by atoms with E-state index in [-0.39, 0.29) is 0 Å². The molecule has 0 aliphatic rings. The lowest BCUT2D eigenvalue weighted by Crippen LogP contribution is -2.35. The number of nitrogens with zero attached hydrogens (tertiary/aromatic N) is 4. The van der Waals surface area contributed by atoms with Crippen molar-refractivity contribution >= 4 is 67.8 Å². The summed E-state index contributed by atoms with van der Waals surface area (Å²) in [6.45, 7) is 1.43. The third kappa shape index (κ3) is 6.83. The molecule has 0 aliphatic heterocycles. The van der Waals surface area contributed by atoms with Crippen molar-refractivity contribution in [1.82, 2.24) is 0 Å². The van der Waals surface area contributed by atoms with Crippen LogP contribution in [0.15, 0.2) is 170 Å². The molecule has 6 heteroatoms. The Morgan fingerprint density at radius 1 is 0.442 bits per heavy atom. The molecule has 0 amide bonds. The van der Waals surface area contributed by atoms with Gasteiger partial charge in [0.2, 0.25) is 11.0 Å². The van der Waals surface area contributed by atoms with Crippen LogP contribution in [0, 0.1) is 0 Å². The SMILES string of the molecule is CN(c1ccccc1)c1cc[n+](Cc2cccc(-c3cccc(C[n+]4ccc(N(C)c5ccccc5)c5ccc(Cl)cc54)c3)c2)c2cc(Cl)ccc12. The predicted octanol–water partition coefficient (Wildman–Crippen LogP) is 11.2. The fourth-order valence-electron chi connectivity index (χ4n) is 7.11. The van der Waals surface area contributed by atoms with Crippen molar-refractivity contribution < 1.29 is 9.13 Å². The maximum Gasteiger partial charge on any atom is 0.216 e. The fraction of sp³-hybridized carbons (Fsp3) is 0.0870. The number of para-hydroxylation sites is 2. The number of hydrogen-bond donors (Lipinski definition) is 0. The van der Waals surface area contributed by atoms with Crippen molar-refractivity contribution in [3.63, 3.8) is 0 Å². The van der Waals surface area contributed by atoms with Gasteiger partial charge >= 0.3 is 0 Å². The minimum Gasteiger partial charge on any atom is -0.344 e. The highest BCUT2D eigenvalue weighted by atomic mass is 35.5. The van der Waals surface area contributed by atoms with E-state index in [0.717, 1.165) is 54.6 Å². The normalized spacial score (nSPS) is 11.2. The molecule has 8 rings (SSSR count). The first-order chi connectivity index (χ1) is 25.4. The lowest BCUT2D eigenvalue weighted by atomic mass is 10.0. The summed E-state index contributed by atoms with van der Waals surface area (Å²) >= 11 is 13.1. The largest absolute Gasteiger partial charge is 0.344 e. The number of anilines is 4. The van der Waals surface area contributed by atoms with Crippen LogP contribution in [0.5, 0.6) is 0 Å². The Balaban J connectivity index is 1.08. The van der Waals surface area contributed by atoms with Crippen molar-refractivity contribution in [2.24, 2.45) is 0 Å². The predicted molar refractivity (Wildman–Crippen MR) is 217 cm³/mol. The van der Waals surface area contributed by atoms with Gasteiger partial charge in [0.15, 0.2) is 25.5 Å². The third-order valence-corrected chi connectivity index (χ3v) is 10.3. The van der Waals surface area contributed by atoms with Crippen molar-refractivity contribution in [2.75, 3.05) is 23.9 Å². The van der Waals surface area contributed by atoms with Gasteiger partial charge < -0.3 is 9.80 Å². The number of benzene rings is 6. The first kappa shape index (κ1) is 33.5. The van der Waals surface area contributed by atoms with E-state index >= 15 is 0 Å². The van der Waals surface area contributed by atoms with Crippen molar-refractivity contribution in [2.45, 2.75) is 13.1 Å². The first-order valence-corrected chi connectivity index (χ1v) is 18.2. The molecule has 6 aromatic carbocycles. The van der Waals surface area contributed by atoms with Gasteiger partial charge in [-0.05, 0) is 71.8 Å². The van der Waals surface area contributed by atoms with Crippen molar-refractivity contribution in [3.05, 3.63) is 191 Å². The third-order valence-electron chi connectivity index (χ3n) is 9.82. The van der Waals surface area contributed by atoms with Crippen LogP contribution in [0.25, 0.3) is 32.9 Å². The molecule has 2 heterocycles. The molecule has 0 aliphatic carbocycles. The highest BCUT2D eigenvalue weighted by Crippen LogP contribution is 2.33. The molecule has 52 heavy (non-hydrogen) atoms. The molecule has 0 saturated heterocycles. The smallest absolute Gasteiger partial charge is 0.216 e. The van der Waals surface area contributed by atoms with Crippen LogP contribution >= 0.6 is 23.2 Å². The fourth-order valence-corrected chi connectivity index (χ4v) is 7.45. The van der Waals surface area contributed by atoms with Crippen LogP contribution in [0.1, 0.15) is 11.1 Å². The summed E-state index contributed by atoms with van der Waals surface area (Å²) in [5, 5.41) is 3.73. The highest BCUT2D eigenvalue weighted by molar-refractivity contribution is 6.31. The highest BCUT2D eigenvalue weighted by Gasteiger charge is 2.19. The van der Waals surface area contributed by atoms with Gasteiger partial charge in [-0.3, -0.25) is 0 Å². The molecule has 2 aromatic heterocycles. The van der Waals surface area contributed by atoms with Crippen LogP contribution in [-0.4, -0.2) is 14.1 Å². The second-order valence-electron chi connectivity index (χ2n) is 13.2. The first-order valence-electron chi connectivity index (χ1n) is 17.4. The second kappa shape index (κ2) is 14.5. The number of fused-ring (bicyclic) bond motifs is 2. The van der Waals surface area contributed by atoms with Gasteiger partial charge in [0, 0.05) is 70.9 Å². The van der Waals surface area contributed by atoms with E-state index in [0.29, 0.717) is 13.1 Å². The van der Waals surface area contributed by atoms with Gasteiger partial charge in [-0.1, -0.05) is 96.0 Å². The van der Waals surface area contributed by atoms with Crippen LogP contribution < -0.4 is 18.9 Å². The summed E-state index contributed by atoms with van der Waals surface area (Å²) in [6.07, 6.45) is 4.33. The zero-order valence-corrected chi connectivity index (χ0v) is 30.6. The maximum absolute atomic E-state index is 6.57. The quantitative estimate of drug-likeness (QED) is 0.138. The molecule has 8 aromatic rings. The zero-order chi connectivity index (χ0) is 35.6. The molecular weight excluding hydrogens is 679 g/mol. The van der Waals surface area contributed by atoms with E-state index in [1.54, 1.807) is 0 Å². The number of pyridine rings is 2. The molecular formula is C46H38Cl2N4+2. The van der Waals surface area contributed by atoms with E-state index in [1.807, 2.05) is 24.3 Å². The summed E-state index contributed by atoms with van der Waals surface area (Å²) in [5.74, 6) is 0. The Kier molecular flexibility index (Phi) is 9.34. The Bertz CT molecular complexity index is 2360. The molecule has 0 bridgehead atoms.